The Labute approximate surface area is 101 Å². The van der Waals surface area contributed by atoms with E-state index in [9.17, 15) is 8.78 Å². The van der Waals surface area contributed by atoms with Crippen molar-refractivity contribution in [3.63, 3.8) is 0 Å². The van der Waals surface area contributed by atoms with Crippen molar-refractivity contribution in [2.75, 3.05) is 13.2 Å². The Balaban J connectivity index is 2.49. The van der Waals surface area contributed by atoms with E-state index < -0.39 is 11.6 Å². The minimum atomic E-state index is -0.812. The average molecular weight is 243 g/mol. The van der Waals surface area contributed by atoms with E-state index in [2.05, 4.69) is 5.32 Å². The van der Waals surface area contributed by atoms with Gasteiger partial charge in [0.05, 0.1) is 5.60 Å². The number of hydrogen-bond acceptors (Lipinski definition) is 2. The van der Waals surface area contributed by atoms with Gasteiger partial charge in [0, 0.05) is 25.3 Å². The van der Waals surface area contributed by atoms with Crippen LogP contribution in [0.15, 0.2) is 18.2 Å². The zero-order valence-electron chi connectivity index (χ0n) is 10.5. The van der Waals surface area contributed by atoms with E-state index >= 15 is 0 Å². The van der Waals surface area contributed by atoms with Crippen molar-refractivity contribution in [1.82, 2.24) is 5.32 Å². The van der Waals surface area contributed by atoms with Crippen LogP contribution in [0.3, 0.4) is 0 Å². The highest BCUT2D eigenvalue weighted by atomic mass is 19.2. The van der Waals surface area contributed by atoms with Crippen molar-refractivity contribution < 1.29 is 13.5 Å². The summed E-state index contributed by atoms with van der Waals surface area (Å²) < 4.78 is 31.7. The Hall–Kier alpha value is -1.00. The van der Waals surface area contributed by atoms with Crippen LogP contribution in [0.5, 0.6) is 0 Å². The maximum atomic E-state index is 13.3. The van der Waals surface area contributed by atoms with E-state index in [1.54, 1.807) is 6.07 Å². The molecule has 0 atom stereocenters. The van der Waals surface area contributed by atoms with Gasteiger partial charge in [0.15, 0.2) is 11.6 Å². The Kier molecular flexibility index (Phi) is 5.02. The van der Waals surface area contributed by atoms with Crippen molar-refractivity contribution in [1.29, 1.82) is 0 Å². The smallest absolute Gasteiger partial charge is 0.163 e. The Bertz CT molecular complexity index is 366. The van der Waals surface area contributed by atoms with Gasteiger partial charge in [-0.15, -0.1) is 0 Å². The molecule has 0 aliphatic heterocycles. The number of halogens is 2. The quantitative estimate of drug-likeness (QED) is 0.829. The molecule has 0 amide bonds. The summed E-state index contributed by atoms with van der Waals surface area (Å²) in [6.45, 7) is 7.32. The first-order valence-corrected chi connectivity index (χ1v) is 5.74. The summed E-state index contributed by atoms with van der Waals surface area (Å²) in [6, 6.07) is 4.19. The van der Waals surface area contributed by atoms with Gasteiger partial charge in [0.1, 0.15) is 0 Å². The maximum absolute atomic E-state index is 13.3. The van der Waals surface area contributed by atoms with Crippen LogP contribution in [0.1, 0.15) is 26.3 Å². The molecule has 1 rings (SSSR count). The average Bonchev–Trinajstić information content (AvgIpc) is 2.24. The molecule has 0 saturated heterocycles. The molecule has 2 nitrogen and oxygen atoms in total. The van der Waals surface area contributed by atoms with Gasteiger partial charge in [-0.25, -0.2) is 8.78 Å². The minimum absolute atomic E-state index is 0.292. The molecule has 0 heterocycles. The van der Waals surface area contributed by atoms with E-state index in [0.29, 0.717) is 25.3 Å². The Morgan fingerprint density at radius 1 is 1.29 bits per heavy atom. The Morgan fingerprint density at radius 2 is 2.00 bits per heavy atom. The van der Waals surface area contributed by atoms with E-state index in [4.69, 9.17) is 4.74 Å². The summed E-state index contributed by atoms with van der Waals surface area (Å²) in [5.41, 5.74) is 0.0238. The summed E-state index contributed by atoms with van der Waals surface area (Å²) in [7, 11) is 0. The van der Waals surface area contributed by atoms with Gasteiger partial charge >= 0.3 is 0 Å². The third-order valence-corrected chi connectivity index (χ3v) is 2.43. The highest BCUT2D eigenvalue weighted by Gasteiger charge is 2.17. The number of nitrogens with one attached hydrogen (secondary N) is 1. The number of benzene rings is 1. The molecule has 0 bridgehead atoms. The SMILES string of the molecule is CCOC(C)(C)CNCc1cccc(F)c1F. The second-order valence-corrected chi connectivity index (χ2v) is 4.51. The first-order valence-electron chi connectivity index (χ1n) is 5.74. The van der Waals surface area contributed by atoms with E-state index in [1.807, 2.05) is 20.8 Å². The summed E-state index contributed by atoms with van der Waals surface area (Å²) in [5, 5.41) is 3.06. The monoisotopic (exact) mass is 243 g/mol. The van der Waals surface area contributed by atoms with Crippen LogP contribution >= 0.6 is 0 Å². The second-order valence-electron chi connectivity index (χ2n) is 4.51. The van der Waals surface area contributed by atoms with Crippen molar-refractivity contribution >= 4 is 0 Å². The molecular weight excluding hydrogens is 224 g/mol. The zero-order chi connectivity index (χ0) is 12.9. The van der Waals surface area contributed by atoms with Crippen LogP contribution in [-0.4, -0.2) is 18.8 Å². The molecule has 0 aliphatic carbocycles. The summed E-state index contributed by atoms with van der Waals surface area (Å²) in [5.74, 6) is -1.59. The van der Waals surface area contributed by atoms with Crippen LogP contribution in [-0.2, 0) is 11.3 Å². The molecule has 0 radical (unpaired) electrons. The van der Waals surface area contributed by atoms with Crippen LogP contribution in [0.4, 0.5) is 8.78 Å². The van der Waals surface area contributed by atoms with Crippen LogP contribution in [0.2, 0.25) is 0 Å². The van der Waals surface area contributed by atoms with Gasteiger partial charge in [-0.3, -0.25) is 0 Å². The zero-order valence-corrected chi connectivity index (χ0v) is 10.5. The van der Waals surface area contributed by atoms with E-state index in [1.165, 1.54) is 6.07 Å². The molecule has 1 aromatic rings. The van der Waals surface area contributed by atoms with Crippen LogP contribution < -0.4 is 5.32 Å². The van der Waals surface area contributed by atoms with Gasteiger partial charge < -0.3 is 10.1 Å². The summed E-state index contributed by atoms with van der Waals surface area (Å²) in [4.78, 5) is 0. The second kappa shape index (κ2) is 6.07. The number of hydrogen-bond donors (Lipinski definition) is 1. The third kappa shape index (κ3) is 4.40. The molecule has 0 aliphatic rings. The molecule has 0 aromatic heterocycles. The molecular formula is C13H19F2NO. The number of ether oxygens (including phenoxy) is 1. The van der Waals surface area contributed by atoms with Gasteiger partial charge in [-0.1, -0.05) is 12.1 Å². The lowest BCUT2D eigenvalue weighted by atomic mass is 10.1. The van der Waals surface area contributed by atoms with Gasteiger partial charge in [-0.2, -0.15) is 0 Å². The van der Waals surface area contributed by atoms with Gasteiger partial charge in [0.25, 0.3) is 0 Å². The maximum Gasteiger partial charge on any atom is 0.163 e. The van der Waals surface area contributed by atoms with Crippen molar-refractivity contribution in [2.45, 2.75) is 32.9 Å². The molecule has 4 heteroatoms. The fourth-order valence-electron chi connectivity index (χ4n) is 1.62. The van der Waals surface area contributed by atoms with E-state index in [0.717, 1.165) is 6.07 Å². The molecule has 96 valence electrons. The predicted molar refractivity (Wildman–Crippen MR) is 63.8 cm³/mol. The van der Waals surface area contributed by atoms with Crippen molar-refractivity contribution in [2.24, 2.45) is 0 Å². The molecule has 0 saturated carbocycles. The van der Waals surface area contributed by atoms with Gasteiger partial charge in [0.2, 0.25) is 0 Å². The predicted octanol–water partition coefficient (Wildman–Crippen LogP) is 2.87. The van der Waals surface area contributed by atoms with Crippen molar-refractivity contribution in [3.8, 4) is 0 Å². The minimum Gasteiger partial charge on any atom is -0.375 e. The fourth-order valence-corrected chi connectivity index (χ4v) is 1.62. The van der Waals surface area contributed by atoms with Crippen LogP contribution in [0, 0.1) is 11.6 Å². The summed E-state index contributed by atoms with van der Waals surface area (Å²) in [6.07, 6.45) is 0. The lowest BCUT2D eigenvalue weighted by Gasteiger charge is -2.25. The highest BCUT2D eigenvalue weighted by Crippen LogP contribution is 2.12. The lowest BCUT2D eigenvalue weighted by molar-refractivity contribution is -0.00902. The molecule has 1 N–H and O–H groups in total. The first kappa shape index (κ1) is 14.1. The normalized spacial score (nSPS) is 11.8. The molecule has 17 heavy (non-hydrogen) atoms. The summed E-state index contributed by atoms with van der Waals surface area (Å²) >= 11 is 0. The van der Waals surface area contributed by atoms with Crippen LogP contribution in [0.25, 0.3) is 0 Å². The largest absolute Gasteiger partial charge is 0.375 e. The fraction of sp³-hybridized carbons (Fsp3) is 0.538. The highest BCUT2D eigenvalue weighted by molar-refractivity contribution is 5.18. The molecule has 1 aromatic carbocycles. The standard InChI is InChI=1S/C13H19F2NO/c1-4-17-13(2,3)9-16-8-10-6-5-7-11(14)12(10)15/h5-7,16H,4,8-9H2,1-3H3. The van der Waals surface area contributed by atoms with Gasteiger partial charge in [-0.05, 0) is 26.8 Å². The lowest BCUT2D eigenvalue weighted by Crippen LogP contribution is -2.37. The number of rotatable bonds is 6. The van der Waals surface area contributed by atoms with E-state index in [-0.39, 0.29) is 5.60 Å². The third-order valence-electron chi connectivity index (χ3n) is 2.43. The Morgan fingerprint density at radius 3 is 2.65 bits per heavy atom. The molecule has 0 unspecified atom stereocenters. The topological polar surface area (TPSA) is 21.3 Å². The van der Waals surface area contributed by atoms with Crippen molar-refractivity contribution in [3.05, 3.63) is 35.4 Å². The molecule has 0 fully saturated rings. The molecule has 0 spiro atoms. The first-order chi connectivity index (χ1) is 7.96.